The molecule has 39 heavy (non-hydrogen) atoms. The molecular weight excluding hydrogens is 617 g/mol. The maximum absolute atomic E-state index is 13.6. The topological polar surface area (TPSA) is 125 Å². The number of hydrogen-bond donors (Lipinski definition) is 1. The number of aliphatic carboxylic acids is 1. The molecule has 0 aliphatic carbocycles. The molecule has 0 amide bonds. The molecule has 0 spiro atoms. The summed E-state index contributed by atoms with van der Waals surface area (Å²) in [6.07, 6.45) is 0.416. The fourth-order valence-corrected chi connectivity index (χ4v) is 4.75. The van der Waals surface area contributed by atoms with E-state index in [4.69, 9.17) is 23.6 Å². The van der Waals surface area contributed by atoms with Gasteiger partial charge in [-0.15, -0.1) is 0 Å². The van der Waals surface area contributed by atoms with Gasteiger partial charge in [-0.1, -0.05) is 18.2 Å². The molecule has 0 aliphatic heterocycles. The van der Waals surface area contributed by atoms with Crippen LogP contribution in [-0.4, -0.2) is 47.3 Å². The number of carbonyl (C=O) groups is 1. The molecule has 0 radical (unpaired) electrons. The van der Waals surface area contributed by atoms with Crippen molar-refractivity contribution in [2.75, 3.05) is 14.2 Å². The Balaban J connectivity index is 1.64. The number of para-hydroxylation sites is 1. The summed E-state index contributed by atoms with van der Waals surface area (Å²) < 4.78 is 24.3. The van der Waals surface area contributed by atoms with E-state index in [0.717, 1.165) is 5.39 Å². The number of furan rings is 1. The van der Waals surface area contributed by atoms with Gasteiger partial charge in [0.2, 0.25) is 5.82 Å². The molecule has 0 unspecified atom stereocenters. The molecule has 2 heterocycles. The van der Waals surface area contributed by atoms with Crippen LogP contribution in [0.3, 0.4) is 0 Å². The van der Waals surface area contributed by atoms with Gasteiger partial charge in [0, 0.05) is 0 Å². The third kappa shape index (κ3) is 5.04. The van der Waals surface area contributed by atoms with Gasteiger partial charge < -0.3 is 23.7 Å². The molecular formula is C28H22IN3O7. The fourth-order valence-electron chi connectivity index (χ4n) is 3.99. The van der Waals surface area contributed by atoms with Crippen molar-refractivity contribution in [3.05, 3.63) is 80.2 Å². The number of benzene rings is 3. The molecule has 2 aromatic heterocycles. The smallest absolute Gasteiger partial charge is 0.344 e. The zero-order valence-corrected chi connectivity index (χ0v) is 23.2. The number of carboxylic acids is 1. The standard InChI is InChI=1S/C28H22IN3O7/c1-15(28(34)35)38-25-19(29)11-16(12-23(25)37-3)14-30-32-26(31-20-8-5-4-7-17(20)27(32)33)24-13-18-21(36-2)9-6-10-22(18)39-24/h4-15H,1-3H3,(H,34,35)/t15-/m1/s1. The minimum Gasteiger partial charge on any atom is -0.496 e. The lowest BCUT2D eigenvalue weighted by Crippen LogP contribution is -2.23. The van der Waals surface area contributed by atoms with E-state index >= 15 is 0 Å². The number of ether oxygens (including phenoxy) is 3. The number of halogens is 1. The van der Waals surface area contributed by atoms with Crippen LogP contribution < -0.4 is 19.8 Å². The first kappa shape index (κ1) is 26.2. The van der Waals surface area contributed by atoms with Gasteiger partial charge in [0.05, 0.1) is 40.3 Å². The highest BCUT2D eigenvalue weighted by atomic mass is 127. The van der Waals surface area contributed by atoms with Crippen molar-refractivity contribution in [3.8, 4) is 28.8 Å². The summed E-state index contributed by atoms with van der Waals surface area (Å²) in [6, 6.07) is 17.6. The van der Waals surface area contributed by atoms with Crippen molar-refractivity contribution in [1.29, 1.82) is 0 Å². The van der Waals surface area contributed by atoms with Crippen LogP contribution in [0, 0.1) is 3.57 Å². The zero-order chi connectivity index (χ0) is 27.7. The molecule has 0 fully saturated rings. The van der Waals surface area contributed by atoms with E-state index in [1.165, 1.54) is 24.9 Å². The molecule has 11 heteroatoms. The van der Waals surface area contributed by atoms with E-state index in [0.29, 0.717) is 48.6 Å². The van der Waals surface area contributed by atoms with Gasteiger partial charge in [0.15, 0.2) is 23.4 Å². The quantitative estimate of drug-likeness (QED) is 0.182. The Morgan fingerprint density at radius 3 is 2.59 bits per heavy atom. The van der Waals surface area contributed by atoms with E-state index in [2.05, 4.69) is 5.10 Å². The van der Waals surface area contributed by atoms with Crippen LogP contribution in [-0.2, 0) is 4.79 Å². The second kappa shape index (κ2) is 10.8. The summed E-state index contributed by atoms with van der Waals surface area (Å²) in [5.41, 5.74) is 1.29. The average Bonchev–Trinajstić information content (AvgIpc) is 3.38. The van der Waals surface area contributed by atoms with Crippen molar-refractivity contribution in [2.24, 2.45) is 5.10 Å². The summed E-state index contributed by atoms with van der Waals surface area (Å²) in [4.78, 5) is 29.5. The van der Waals surface area contributed by atoms with Gasteiger partial charge in [-0.2, -0.15) is 9.78 Å². The van der Waals surface area contributed by atoms with E-state index in [1.807, 2.05) is 34.7 Å². The van der Waals surface area contributed by atoms with Crippen molar-refractivity contribution in [2.45, 2.75) is 13.0 Å². The Morgan fingerprint density at radius 2 is 1.85 bits per heavy atom. The number of carboxylic acid groups (broad SMARTS) is 1. The number of rotatable bonds is 8. The number of hydrogen-bond acceptors (Lipinski definition) is 8. The van der Waals surface area contributed by atoms with Gasteiger partial charge in [-0.05, 0) is 77.5 Å². The lowest BCUT2D eigenvalue weighted by Gasteiger charge is -2.16. The van der Waals surface area contributed by atoms with Crippen LogP contribution in [0.4, 0.5) is 0 Å². The Labute approximate surface area is 235 Å². The van der Waals surface area contributed by atoms with Crippen LogP contribution in [0.1, 0.15) is 12.5 Å². The third-order valence-corrected chi connectivity index (χ3v) is 6.73. The first-order valence-corrected chi connectivity index (χ1v) is 12.8. The summed E-state index contributed by atoms with van der Waals surface area (Å²) in [6.45, 7) is 1.43. The molecule has 0 saturated carbocycles. The number of nitrogens with zero attached hydrogens (tertiary/aromatic N) is 3. The van der Waals surface area contributed by atoms with Crippen molar-refractivity contribution in [3.63, 3.8) is 0 Å². The number of aromatic nitrogens is 2. The number of methoxy groups -OCH3 is 2. The van der Waals surface area contributed by atoms with Crippen LogP contribution in [0.5, 0.6) is 17.2 Å². The molecule has 3 aromatic carbocycles. The van der Waals surface area contributed by atoms with Gasteiger partial charge in [0.25, 0.3) is 5.56 Å². The van der Waals surface area contributed by atoms with E-state index in [9.17, 15) is 14.7 Å². The Kier molecular flexibility index (Phi) is 7.24. The highest BCUT2D eigenvalue weighted by molar-refractivity contribution is 14.1. The SMILES string of the molecule is COc1cc(C=Nn2c(-c3cc4c(OC)cccc4o3)nc3ccccc3c2=O)cc(I)c1O[C@H](C)C(=O)O. The van der Waals surface area contributed by atoms with Crippen molar-refractivity contribution in [1.82, 2.24) is 9.66 Å². The van der Waals surface area contributed by atoms with Crippen LogP contribution in [0.15, 0.2) is 75.0 Å². The lowest BCUT2D eigenvalue weighted by atomic mass is 10.2. The highest BCUT2D eigenvalue weighted by Crippen LogP contribution is 2.35. The summed E-state index contributed by atoms with van der Waals surface area (Å²) in [7, 11) is 3.03. The predicted molar refractivity (Wildman–Crippen MR) is 154 cm³/mol. The molecule has 10 nitrogen and oxygen atoms in total. The van der Waals surface area contributed by atoms with Gasteiger partial charge in [-0.3, -0.25) is 4.79 Å². The van der Waals surface area contributed by atoms with Gasteiger partial charge in [0.1, 0.15) is 11.3 Å². The normalized spacial score (nSPS) is 12.2. The van der Waals surface area contributed by atoms with Crippen LogP contribution >= 0.6 is 22.6 Å². The molecule has 5 aromatic rings. The second-order valence-electron chi connectivity index (χ2n) is 8.43. The fraction of sp³-hybridized carbons (Fsp3) is 0.143. The van der Waals surface area contributed by atoms with Crippen LogP contribution in [0.2, 0.25) is 0 Å². The minimum atomic E-state index is -1.10. The molecule has 5 rings (SSSR count). The Morgan fingerprint density at radius 1 is 1.08 bits per heavy atom. The van der Waals surface area contributed by atoms with Gasteiger partial charge >= 0.3 is 5.97 Å². The summed E-state index contributed by atoms with van der Waals surface area (Å²) >= 11 is 2.03. The predicted octanol–water partition coefficient (Wildman–Crippen LogP) is 5.17. The van der Waals surface area contributed by atoms with Crippen molar-refractivity contribution >= 4 is 56.6 Å². The Hall–Kier alpha value is -4.39. The van der Waals surface area contributed by atoms with E-state index < -0.39 is 12.1 Å². The molecule has 0 aliphatic rings. The lowest BCUT2D eigenvalue weighted by molar-refractivity contribution is -0.144. The first-order chi connectivity index (χ1) is 18.8. The average molecular weight is 639 g/mol. The molecule has 1 N–H and O–H groups in total. The summed E-state index contributed by atoms with van der Waals surface area (Å²) in [5.74, 6) is 0.703. The van der Waals surface area contributed by atoms with E-state index in [-0.39, 0.29) is 11.4 Å². The summed E-state index contributed by atoms with van der Waals surface area (Å²) in [5, 5.41) is 14.8. The maximum atomic E-state index is 13.6. The van der Waals surface area contributed by atoms with Gasteiger partial charge in [-0.25, -0.2) is 9.78 Å². The first-order valence-electron chi connectivity index (χ1n) is 11.7. The largest absolute Gasteiger partial charge is 0.496 e. The molecule has 1 atom stereocenters. The van der Waals surface area contributed by atoms with Crippen LogP contribution in [0.25, 0.3) is 33.5 Å². The molecule has 0 bridgehead atoms. The highest BCUT2D eigenvalue weighted by Gasteiger charge is 2.20. The van der Waals surface area contributed by atoms with Crippen molar-refractivity contribution < 1.29 is 28.5 Å². The minimum absolute atomic E-state index is 0.213. The second-order valence-corrected chi connectivity index (χ2v) is 9.59. The maximum Gasteiger partial charge on any atom is 0.344 e. The number of fused-ring (bicyclic) bond motifs is 2. The zero-order valence-electron chi connectivity index (χ0n) is 21.0. The third-order valence-electron chi connectivity index (χ3n) is 5.93. The monoisotopic (exact) mass is 639 g/mol. The molecule has 198 valence electrons. The Bertz CT molecular complexity index is 1810. The van der Waals surface area contributed by atoms with E-state index in [1.54, 1.807) is 55.6 Å². The molecule has 0 saturated heterocycles.